The summed E-state index contributed by atoms with van der Waals surface area (Å²) in [5.74, 6) is -0.949. The van der Waals surface area contributed by atoms with Gasteiger partial charge in [-0.15, -0.1) is 0 Å². The monoisotopic (exact) mass is 845 g/mol. The molecule has 342 valence electrons. The van der Waals surface area contributed by atoms with Gasteiger partial charge in [-0.05, 0) is 44.9 Å². The van der Waals surface area contributed by atoms with Crippen LogP contribution < -0.4 is 0 Å². The Morgan fingerprint density at radius 2 is 1.07 bits per heavy atom. The van der Waals surface area contributed by atoms with E-state index in [1.54, 1.807) is 0 Å². The maximum Gasteiger partial charge on any atom is 0.306 e. The zero-order valence-electron chi connectivity index (χ0n) is 35.5. The molecule has 2 aliphatic heterocycles. The van der Waals surface area contributed by atoms with E-state index in [0.29, 0.717) is 12.8 Å². The molecule has 2 saturated heterocycles. The van der Waals surface area contributed by atoms with Crippen LogP contribution in [0.4, 0.5) is 0 Å². The van der Waals surface area contributed by atoms with Gasteiger partial charge in [0.25, 0.3) is 0 Å². The maximum absolute atomic E-state index is 12.9. The highest BCUT2D eigenvalue weighted by Crippen LogP contribution is 2.26. The summed E-state index contributed by atoms with van der Waals surface area (Å²) in [6.07, 6.45) is 13.7. The van der Waals surface area contributed by atoms with Gasteiger partial charge in [0, 0.05) is 12.8 Å². The number of allylic oxidation sites excluding steroid dienone is 6. The minimum atomic E-state index is -1.76. The molecule has 0 aromatic heterocycles. The normalized spacial score (nSPS) is 28.2. The second-order valence-electron chi connectivity index (χ2n) is 15.5. The van der Waals surface area contributed by atoms with E-state index in [4.69, 9.17) is 28.4 Å². The SMILES string of the molecule is CC/C=C\C/C=C\C/C=C\CCCCCCCCCC(=O)OC(COC(=O)CCCCCCCC)COC1OC(COC2OC(CO)C(O)C(O)C2O)C(O)C(O)C1O. The van der Waals surface area contributed by atoms with E-state index < -0.39 is 92.7 Å². The molecule has 0 aliphatic carbocycles. The number of unbranched alkanes of at least 4 members (excludes halogenated alkanes) is 12. The Hall–Kier alpha value is -2.28. The number of carbonyl (C=O) groups is 2. The first-order valence-corrected chi connectivity index (χ1v) is 22.1. The average Bonchev–Trinajstić information content (AvgIpc) is 3.23. The van der Waals surface area contributed by atoms with Crippen LogP contribution in [0.2, 0.25) is 0 Å². The van der Waals surface area contributed by atoms with Crippen LogP contribution in [-0.2, 0) is 38.0 Å². The Morgan fingerprint density at radius 1 is 0.559 bits per heavy atom. The van der Waals surface area contributed by atoms with Crippen LogP contribution in [-0.4, -0.2) is 142 Å². The van der Waals surface area contributed by atoms with Crippen LogP contribution in [0.5, 0.6) is 0 Å². The molecule has 2 rings (SSSR count). The van der Waals surface area contributed by atoms with Crippen molar-refractivity contribution in [2.45, 2.75) is 203 Å². The highest BCUT2D eigenvalue weighted by Gasteiger charge is 2.47. The van der Waals surface area contributed by atoms with Crippen LogP contribution in [0, 0.1) is 0 Å². The molecule has 0 bridgehead atoms. The third-order valence-corrected chi connectivity index (χ3v) is 10.4. The van der Waals surface area contributed by atoms with Crippen LogP contribution >= 0.6 is 0 Å². The van der Waals surface area contributed by atoms with E-state index in [1.165, 1.54) is 0 Å². The Kier molecular flexibility index (Phi) is 29.1. The van der Waals surface area contributed by atoms with Gasteiger partial charge >= 0.3 is 11.9 Å². The molecular weight excluding hydrogens is 768 g/mol. The number of hydrogen-bond donors (Lipinski definition) is 7. The maximum atomic E-state index is 12.9. The lowest BCUT2D eigenvalue weighted by atomic mass is 9.98. The van der Waals surface area contributed by atoms with Crippen molar-refractivity contribution in [3.8, 4) is 0 Å². The third kappa shape index (κ3) is 21.9. The molecule has 59 heavy (non-hydrogen) atoms. The highest BCUT2D eigenvalue weighted by atomic mass is 16.7. The molecule has 15 heteroatoms. The van der Waals surface area contributed by atoms with E-state index in [0.717, 1.165) is 96.3 Å². The molecule has 11 atom stereocenters. The van der Waals surface area contributed by atoms with E-state index >= 15 is 0 Å². The smallest absolute Gasteiger partial charge is 0.306 e. The van der Waals surface area contributed by atoms with Gasteiger partial charge < -0.3 is 64.2 Å². The first-order valence-electron chi connectivity index (χ1n) is 22.1. The van der Waals surface area contributed by atoms with Crippen molar-refractivity contribution in [3.63, 3.8) is 0 Å². The second kappa shape index (κ2) is 32.4. The van der Waals surface area contributed by atoms with E-state index in [1.807, 2.05) is 0 Å². The summed E-state index contributed by atoms with van der Waals surface area (Å²) in [5, 5.41) is 71.7. The molecule has 2 aliphatic rings. The summed E-state index contributed by atoms with van der Waals surface area (Å²) >= 11 is 0. The van der Waals surface area contributed by atoms with Crippen LogP contribution in [0.25, 0.3) is 0 Å². The average molecular weight is 845 g/mol. The summed E-state index contributed by atoms with van der Waals surface area (Å²) < 4.78 is 33.3. The van der Waals surface area contributed by atoms with E-state index in [2.05, 4.69) is 50.3 Å². The van der Waals surface area contributed by atoms with Crippen molar-refractivity contribution in [1.29, 1.82) is 0 Å². The third-order valence-electron chi connectivity index (χ3n) is 10.4. The van der Waals surface area contributed by atoms with Crippen LogP contribution in [0.1, 0.15) is 136 Å². The number of aliphatic hydroxyl groups excluding tert-OH is 7. The number of esters is 2. The molecule has 2 fully saturated rings. The molecule has 11 unspecified atom stereocenters. The molecule has 0 amide bonds. The fourth-order valence-electron chi connectivity index (χ4n) is 6.70. The van der Waals surface area contributed by atoms with Gasteiger partial charge in [0.1, 0.15) is 55.4 Å². The Bertz CT molecular complexity index is 1180. The zero-order valence-corrected chi connectivity index (χ0v) is 35.5. The van der Waals surface area contributed by atoms with Crippen molar-refractivity contribution < 1.29 is 73.8 Å². The number of carbonyl (C=O) groups excluding carboxylic acids is 2. The predicted octanol–water partition coefficient (Wildman–Crippen LogP) is 4.20. The molecule has 15 nitrogen and oxygen atoms in total. The molecular formula is C44H76O15. The first-order chi connectivity index (χ1) is 28.5. The van der Waals surface area contributed by atoms with Gasteiger partial charge in [-0.1, -0.05) is 115 Å². The Morgan fingerprint density at radius 3 is 1.68 bits per heavy atom. The first kappa shape index (κ1) is 52.9. The lowest BCUT2D eigenvalue weighted by Gasteiger charge is -2.42. The molecule has 2 heterocycles. The van der Waals surface area contributed by atoms with Gasteiger partial charge in [-0.2, -0.15) is 0 Å². The lowest BCUT2D eigenvalue weighted by molar-refractivity contribution is -0.332. The summed E-state index contributed by atoms with van der Waals surface area (Å²) in [5.41, 5.74) is 0. The number of hydrogen-bond acceptors (Lipinski definition) is 15. The Labute approximate surface area is 351 Å². The largest absolute Gasteiger partial charge is 0.462 e. The van der Waals surface area contributed by atoms with Crippen molar-refractivity contribution in [1.82, 2.24) is 0 Å². The molecule has 0 aromatic carbocycles. The highest BCUT2D eigenvalue weighted by molar-refractivity contribution is 5.70. The standard InChI is InChI=1S/C44H76O15/c1-3-5-7-9-11-12-13-14-15-16-17-18-19-20-21-23-25-27-36(47)57-32(29-54-35(46)26-24-22-10-8-6-4-2)30-55-43-42(53)40(51)38(49)34(59-43)31-56-44-41(52)39(50)37(48)33(28-45)58-44/h5,7,11-12,14-15,32-34,37-45,48-53H,3-4,6,8-10,13,16-31H2,1-2H3/b7-5-,12-11-,15-14-. The molecule has 0 aromatic rings. The molecule has 7 N–H and O–H groups in total. The van der Waals surface area contributed by atoms with Crippen LogP contribution in [0.15, 0.2) is 36.5 Å². The van der Waals surface area contributed by atoms with E-state index in [9.17, 15) is 45.3 Å². The molecule has 0 spiro atoms. The summed E-state index contributed by atoms with van der Waals surface area (Å²) in [4.78, 5) is 25.4. The van der Waals surface area contributed by atoms with Crippen molar-refractivity contribution in [2.24, 2.45) is 0 Å². The minimum absolute atomic E-state index is 0.154. The lowest BCUT2D eigenvalue weighted by Crippen LogP contribution is -2.61. The quantitative estimate of drug-likeness (QED) is 0.0286. The Balaban J connectivity index is 1.82. The predicted molar refractivity (Wildman–Crippen MR) is 220 cm³/mol. The molecule has 0 radical (unpaired) electrons. The second-order valence-corrected chi connectivity index (χ2v) is 15.5. The fraction of sp³-hybridized carbons (Fsp3) is 0.818. The van der Waals surface area contributed by atoms with Gasteiger partial charge in [-0.25, -0.2) is 0 Å². The summed E-state index contributed by atoms with van der Waals surface area (Å²) in [6.45, 7) is 2.36. The van der Waals surface area contributed by atoms with Crippen molar-refractivity contribution in [2.75, 3.05) is 26.4 Å². The van der Waals surface area contributed by atoms with Gasteiger partial charge in [0.05, 0.1) is 19.8 Å². The minimum Gasteiger partial charge on any atom is -0.462 e. The van der Waals surface area contributed by atoms with Crippen molar-refractivity contribution in [3.05, 3.63) is 36.5 Å². The zero-order chi connectivity index (χ0) is 43.3. The number of rotatable bonds is 32. The summed E-state index contributed by atoms with van der Waals surface area (Å²) in [6, 6.07) is 0. The van der Waals surface area contributed by atoms with Gasteiger partial charge in [-0.3, -0.25) is 9.59 Å². The van der Waals surface area contributed by atoms with E-state index in [-0.39, 0.29) is 26.1 Å². The number of ether oxygens (including phenoxy) is 6. The fourth-order valence-corrected chi connectivity index (χ4v) is 6.70. The summed E-state index contributed by atoms with van der Waals surface area (Å²) in [7, 11) is 0. The van der Waals surface area contributed by atoms with Gasteiger partial charge in [0.15, 0.2) is 18.7 Å². The number of aliphatic hydroxyl groups is 7. The van der Waals surface area contributed by atoms with Crippen LogP contribution in [0.3, 0.4) is 0 Å². The van der Waals surface area contributed by atoms with Crippen molar-refractivity contribution >= 4 is 11.9 Å². The molecule has 0 saturated carbocycles. The van der Waals surface area contributed by atoms with Gasteiger partial charge in [0.2, 0.25) is 0 Å². The topological polar surface area (TPSA) is 231 Å².